The van der Waals surface area contributed by atoms with Gasteiger partial charge in [-0.05, 0) is 45.0 Å². The maximum Gasteiger partial charge on any atom is 0.224 e. The molecule has 1 aromatic rings. The zero-order valence-corrected chi connectivity index (χ0v) is 15.6. The molecule has 0 saturated heterocycles. The average molecular weight is 355 g/mol. The summed E-state index contributed by atoms with van der Waals surface area (Å²) in [6.45, 7) is 7.77. The van der Waals surface area contributed by atoms with Gasteiger partial charge in [0, 0.05) is 18.6 Å². The number of guanidine groups is 1. The molecule has 0 aliphatic rings. The lowest BCUT2D eigenvalue weighted by molar-refractivity contribution is -0.125. The van der Waals surface area contributed by atoms with Gasteiger partial charge < -0.3 is 20.7 Å². The third kappa shape index (κ3) is 6.66. The first kappa shape index (κ1) is 20.1. The minimum atomic E-state index is -0.679. The molecule has 0 bridgehead atoms. The molecule has 24 heavy (non-hydrogen) atoms. The third-order valence-electron chi connectivity index (χ3n) is 3.50. The predicted molar refractivity (Wildman–Crippen MR) is 98.5 cm³/mol. The minimum absolute atomic E-state index is 0.326. The van der Waals surface area contributed by atoms with Crippen molar-refractivity contribution in [1.29, 1.82) is 0 Å². The Hall–Kier alpha value is -1.95. The number of nitrogens with one attached hydrogen (secondary N) is 1. The van der Waals surface area contributed by atoms with Gasteiger partial charge in [0.05, 0.1) is 18.5 Å². The summed E-state index contributed by atoms with van der Waals surface area (Å²) in [4.78, 5) is 17.9. The molecule has 1 rings (SSSR count). The average Bonchev–Trinajstić information content (AvgIpc) is 2.53. The van der Waals surface area contributed by atoms with Gasteiger partial charge >= 0.3 is 0 Å². The van der Waals surface area contributed by atoms with Crippen molar-refractivity contribution in [3.8, 4) is 5.75 Å². The maximum absolute atomic E-state index is 11.4. The van der Waals surface area contributed by atoms with Crippen molar-refractivity contribution in [1.82, 2.24) is 10.2 Å². The van der Waals surface area contributed by atoms with Crippen molar-refractivity contribution in [2.45, 2.75) is 20.8 Å². The number of hydrogen-bond acceptors (Lipinski definition) is 3. The van der Waals surface area contributed by atoms with E-state index in [2.05, 4.69) is 10.3 Å². The Bertz CT molecular complexity index is 558. The van der Waals surface area contributed by atoms with Crippen LogP contribution >= 0.6 is 11.6 Å². The van der Waals surface area contributed by atoms with Crippen LogP contribution in [-0.2, 0) is 4.79 Å². The quantitative estimate of drug-likeness (QED) is 0.553. The molecule has 0 aliphatic carbocycles. The van der Waals surface area contributed by atoms with Crippen molar-refractivity contribution in [3.05, 3.63) is 29.3 Å². The molecule has 0 fully saturated rings. The van der Waals surface area contributed by atoms with Crippen LogP contribution in [0.15, 0.2) is 29.3 Å². The highest BCUT2D eigenvalue weighted by atomic mass is 35.5. The highest BCUT2D eigenvalue weighted by molar-refractivity contribution is 6.30. The van der Waals surface area contributed by atoms with Crippen molar-refractivity contribution in [2.24, 2.45) is 16.1 Å². The van der Waals surface area contributed by atoms with E-state index in [1.807, 2.05) is 31.0 Å². The number of amides is 1. The number of hydrogen-bond donors (Lipinski definition) is 2. The fraction of sp³-hybridized carbons (Fsp3) is 0.529. The molecule has 6 nitrogen and oxygen atoms in total. The number of aliphatic imine (C=N–C) groups is 1. The molecule has 0 atom stereocenters. The van der Waals surface area contributed by atoms with Crippen molar-refractivity contribution >= 4 is 23.5 Å². The highest BCUT2D eigenvalue weighted by Crippen LogP contribution is 2.16. The monoisotopic (exact) mass is 354 g/mol. The number of carbonyl (C=O) groups excluding carboxylic acids is 1. The fourth-order valence-corrected chi connectivity index (χ4v) is 1.88. The Kier molecular flexibility index (Phi) is 7.85. The number of rotatable bonds is 8. The number of ether oxygens (including phenoxy) is 1. The Morgan fingerprint density at radius 1 is 1.38 bits per heavy atom. The van der Waals surface area contributed by atoms with Gasteiger partial charge in [0.1, 0.15) is 12.4 Å². The lowest BCUT2D eigenvalue weighted by atomic mass is 9.93. The molecule has 7 heteroatoms. The van der Waals surface area contributed by atoms with Gasteiger partial charge in [-0.2, -0.15) is 0 Å². The Morgan fingerprint density at radius 3 is 2.54 bits per heavy atom. The number of likely N-dealkylation sites (N-methyl/N-ethyl adjacent to an activating group) is 1. The van der Waals surface area contributed by atoms with Crippen LogP contribution in [0.3, 0.4) is 0 Å². The zero-order chi connectivity index (χ0) is 18.2. The number of nitrogens with two attached hydrogens (primary N) is 1. The summed E-state index contributed by atoms with van der Waals surface area (Å²) in [5.41, 5.74) is 4.71. The standard InChI is InChI=1S/C17H27ClN4O2/c1-5-20-16(21-12-17(2,3)15(19)23)22(4)10-11-24-14-8-6-13(18)7-9-14/h6-9H,5,10-12H2,1-4H3,(H2,19,23)(H,20,21). The van der Waals surface area contributed by atoms with Gasteiger partial charge in [-0.3, -0.25) is 9.79 Å². The van der Waals surface area contributed by atoms with Crippen LogP contribution < -0.4 is 15.8 Å². The number of halogens is 1. The SMILES string of the molecule is CCNC(=NCC(C)(C)C(N)=O)N(C)CCOc1ccc(Cl)cc1. The molecule has 0 aliphatic heterocycles. The Balaban J connectivity index is 2.57. The van der Waals surface area contributed by atoms with Crippen LogP contribution in [0, 0.1) is 5.41 Å². The first-order valence-electron chi connectivity index (χ1n) is 7.94. The summed E-state index contributed by atoms with van der Waals surface area (Å²) in [5.74, 6) is 1.12. The molecule has 0 aromatic heterocycles. The van der Waals surface area contributed by atoms with E-state index in [1.165, 1.54) is 0 Å². The molecule has 0 unspecified atom stereocenters. The Morgan fingerprint density at radius 2 is 2.00 bits per heavy atom. The topological polar surface area (TPSA) is 79.9 Å². The second-order valence-corrected chi connectivity index (χ2v) is 6.58. The van der Waals surface area contributed by atoms with Gasteiger partial charge in [-0.15, -0.1) is 0 Å². The molecule has 0 radical (unpaired) electrons. The molecule has 3 N–H and O–H groups in total. The molecule has 1 amide bonds. The van der Waals surface area contributed by atoms with E-state index >= 15 is 0 Å². The molecule has 134 valence electrons. The van der Waals surface area contributed by atoms with Crippen LogP contribution in [0.4, 0.5) is 0 Å². The number of benzene rings is 1. The fourth-order valence-electron chi connectivity index (χ4n) is 1.76. The summed E-state index contributed by atoms with van der Waals surface area (Å²) in [6.07, 6.45) is 0. The Labute approximate surface area is 149 Å². The van der Waals surface area contributed by atoms with Crippen molar-refractivity contribution in [3.63, 3.8) is 0 Å². The summed E-state index contributed by atoms with van der Waals surface area (Å²) >= 11 is 5.85. The molecule has 0 spiro atoms. The number of primary amides is 1. The normalized spacial score (nSPS) is 12.0. The van der Waals surface area contributed by atoms with E-state index in [-0.39, 0.29) is 5.91 Å². The summed E-state index contributed by atoms with van der Waals surface area (Å²) in [6, 6.07) is 7.24. The lowest BCUT2D eigenvalue weighted by Crippen LogP contribution is -2.42. The van der Waals surface area contributed by atoms with E-state index in [0.29, 0.717) is 30.7 Å². The van der Waals surface area contributed by atoms with Crippen molar-refractivity contribution < 1.29 is 9.53 Å². The number of nitrogens with zero attached hydrogens (tertiary/aromatic N) is 2. The minimum Gasteiger partial charge on any atom is -0.492 e. The molecule has 1 aromatic carbocycles. The van der Waals surface area contributed by atoms with Gasteiger partial charge in [0.15, 0.2) is 5.96 Å². The van der Waals surface area contributed by atoms with Crippen LogP contribution in [-0.4, -0.2) is 50.1 Å². The zero-order valence-electron chi connectivity index (χ0n) is 14.8. The van der Waals surface area contributed by atoms with Crippen LogP contribution in [0.25, 0.3) is 0 Å². The second kappa shape index (κ2) is 9.37. The van der Waals surface area contributed by atoms with E-state index < -0.39 is 5.41 Å². The third-order valence-corrected chi connectivity index (χ3v) is 3.75. The van der Waals surface area contributed by atoms with Crippen LogP contribution in [0.5, 0.6) is 5.75 Å². The van der Waals surface area contributed by atoms with Crippen molar-refractivity contribution in [2.75, 3.05) is 33.3 Å². The predicted octanol–water partition coefficient (Wildman–Crippen LogP) is 2.13. The second-order valence-electron chi connectivity index (χ2n) is 6.14. The van der Waals surface area contributed by atoms with E-state index in [1.54, 1.807) is 26.0 Å². The van der Waals surface area contributed by atoms with Crippen LogP contribution in [0.1, 0.15) is 20.8 Å². The largest absolute Gasteiger partial charge is 0.492 e. The van der Waals surface area contributed by atoms with Gasteiger partial charge in [0.25, 0.3) is 0 Å². The smallest absolute Gasteiger partial charge is 0.224 e. The summed E-state index contributed by atoms with van der Waals surface area (Å²) < 4.78 is 5.69. The summed E-state index contributed by atoms with van der Waals surface area (Å²) in [7, 11) is 1.92. The van der Waals surface area contributed by atoms with Gasteiger partial charge in [0.2, 0.25) is 5.91 Å². The number of carbonyl (C=O) groups is 1. The van der Waals surface area contributed by atoms with E-state index in [9.17, 15) is 4.79 Å². The first-order valence-corrected chi connectivity index (χ1v) is 8.32. The molecule has 0 heterocycles. The molecular weight excluding hydrogens is 328 g/mol. The van der Waals surface area contributed by atoms with E-state index in [0.717, 1.165) is 12.3 Å². The molecule has 0 saturated carbocycles. The van der Waals surface area contributed by atoms with Gasteiger partial charge in [-0.25, -0.2) is 0 Å². The first-order chi connectivity index (χ1) is 11.3. The lowest BCUT2D eigenvalue weighted by Gasteiger charge is -2.24. The maximum atomic E-state index is 11.4. The summed E-state index contributed by atoms with van der Waals surface area (Å²) in [5, 5.41) is 3.88. The van der Waals surface area contributed by atoms with E-state index in [4.69, 9.17) is 22.1 Å². The van der Waals surface area contributed by atoms with Crippen LogP contribution in [0.2, 0.25) is 5.02 Å². The van der Waals surface area contributed by atoms with Gasteiger partial charge in [-0.1, -0.05) is 11.6 Å². The molecular formula is C17H27ClN4O2. The highest BCUT2D eigenvalue weighted by Gasteiger charge is 2.24.